The Balaban J connectivity index is 1.78. The summed E-state index contributed by atoms with van der Waals surface area (Å²) in [6, 6.07) is 0. The third-order valence-electron chi connectivity index (χ3n) is 8.52. The number of hydrogen-bond acceptors (Lipinski definition) is 5. The van der Waals surface area contributed by atoms with Crippen molar-refractivity contribution >= 4 is 11.8 Å². The first-order chi connectivity index (χ1) is 13.5. The fraction of sp³-hybridized carbons (Fsp3) is 0.833. The number of carbonyl (C=O) groups excluding carboxylic acids is 2. The Morgan fingerprint density at radius 2 is 1.97 bits per heavy atom. The summed E-state index contributed by atoms with van der Waals surface area (Å²) in [5.41, 5.74) is 0.905. The Kier molecular flexibility index (Phi) is 6.31. The lowest BCUT2D eigenvalue weighted by molar-refractivity contribution is -0.172. The van der Waals surface area contributed by atoms with E-state index in [1.165, 1.54) is 0 Å². The minimum atomic E-state index is -0.335. The predicted molar refractivity (Wildman–Crippen MR) is 113 cm³/mol. The average molecular weight is 406 g/mol. The molecule has 0 spiro atoms. The lowest BCUT2D eigenvalue weighted by Crippen LogP contribution is -2.60. The van der Waals surface area contributed by atoms with Crippen molar-refractivity contribution in [3.05, 3.63) is 11.6 Å². The number of rotatable bonds is 4. The summed E-state index contributed by atoms with van der Waals surface area (Å²) in [5.74, 6) is 0.645. The molecule has 3 saturated carbocycles. The molecule has 3 unspecified atom stereocenters. The molecule has 0 amide bonds. The van der Waals surface area contributed by atoms with Crippen molar-refractivity contribution in [1.29, 1.82) is 0 Å². The summed E-state index contributed by atoms with van der Waals surface area (Å²) in [4.78, 5) is 27.5. The first kappa shape index (κ1) is 22.5. The average Bonchev–Trinajstić information content (AvgIpc) is 2.63. The minimum Gasteiger partial charge on any atom is -0.461 e. The van der Waals surface area contributed by atoms with Gasteiger partial charge in [0.15, 0.2) is 0 Å². The molecule has 0 aromatic rings. The summed E-state index contributed by atoms with van der Waals surface area (Å²) in [7, 11) is 3.90. The topological polar surface area (TPSA) is 66.8 Å². The van der Waals surface area contributed by atoms with Crippen molar-refractivity contribution in [2.45, 2.75) is 65.9 Å². The zero-order valence-corrected chi connectivity index (χ0v) is 19.0. The standard InChI is InChI=1S/C24H39NO4/c1-15-16(13-21(28)29-12-11-25(5)6)7-8-17-22(15)18(26)14-19-23(2,3)20(27)9-10-24(17,19)4/h13,15,17,19-20,22,27H,7-12,14H2,1-6H3/b16-13-/t15-,17?,19?,20-,22?,24+/m0/s1. The third kappa shape index (κ3) is 4.05. The quantitative estimate of drug-likeness (QED) is 0.573. The van der Waals surface area contributed by atoms with Gasteiger partial charge < -0.3 is 14.7 Å². The number of aliphatic hydroxyl groups excluding tert-OH is 1. The van der Waals surface area contributed by atoms with Gasteiger partial charge >= 0.3 is 5.97 Å². The number of Topliss-reactive ketones (excluding diaryl/α,β-unsaturated/α-hetero) is 1. The molecule has 1 N–H and O–H groups in total. The van der Waals surface area contributed by atoms with E-state index in [-0.39, 0.29) is 40.7 Å². The molecule has 0 aliphatic heterocycles. The zero-order chi connectivity index (χ0) is 21.6. The van der Waals surface area contributed by atoms with Gasteiger partial charge in [-0.1, -0.05) is 33.3 Å². The van der Waals surface area contributed by atoms with Crippen molar-refractivity contribution < 1.29 is 19.4 Å². The van der Waals surface area contributed by atoms with Gasteiger partial charge in [-0.25, -0.2) is 4.79 Å². The highest BCUT2D eigenvalue weighted by atomic mass is 16.5. The lowest BCUT2D eigenvalue weighted by Gasteiger charge is -2.62. The number of nitrogens with zero attached hydrogens (tertiary/aromatic N) is 1. The maximum atomic E-state index is 13.3. The number of hydrogen-bond donors (Lipinski definition) is 1. The molecule has 0 heterocycles. The van der Waals surface area contributed by atoms with E-state index in [0.717, 1.165) is 31.3 Å². The summed E-state index contributed by atoms with van der Waals surface area (Å²) in [6.07, 6.45) is 5.44. The number of carbonyl (C=O) groups is 2. The second-order valence-corrected chi connectivity index (χ2v) is 10.8. The van der Waals surface area contributed by atoms with Gasteiger partial charge in [-0.15, -0.1) is 0 Å². The first-order valence-electron chi connectivity index (χ1n) is 11.2. The molecule has 29 heavy (non-hydrogen) atoms. The van der Waals surface area contributed by atoms with Crippen LogP contribution in [0.1, 0.15) is 59.8 Å². The maximum Gasteiger partial charge on any atom is 0.330 e. The summed E-state index contributed by atoms with van der Waals surface area (Å²) in [6.45, 7) is 9.82. The number of fused-ring (bicyclic) bond motifs is 3. The van der Waals surface area contributed by atoms with Gasteiger partial charge in [0.05, 0.1) is 6.10 Å². The molecule has 0 radical (unpaired) electrons. The molecule has 5 heteroatoms. The van der Waals surface area contributed by atoms with Crippen LogP contribution in [0.25, 0.3) is 0 Å². The molecule has 0 saturated heterocycles. The van der Waals surface area contributed by atoms with E-state index in [2.05, 4.69) is 27.7 Å². The van der Waals surface area contributed by atoms with Crippen LogP contribution in [0.4, 0.5) is 0 Å². The SMILES string of the molecule is C[C@H]1/C(=C\C(=O)OCCN(C)C)CCC2C1C(=O)CC1C(C)(C)[C@@H](O)CC[C@]21C. The van der Waals surface area contributed by atoms with Crippen LogP contribution >= 0.6 is 0 Å². The van der Waals surface area contributed by atoms with E-state index in [9.17, 15) is 14.7 Å². The molecule has 3 fully saturated rings. The Labute approximate surface area is 175 Å². The number of allylic oxidation sites excluding steroid dienone is 1. The van der Waals surface area contributed by atoms with Crippen LogP contribution in [0.2, 0.25) is 0 Å². The highest BCUT2D eigenvalue weighted by Crippen LogP contribution is 2.63. The van der Waals surface area contributed by atoms with Gasteiger partial charge in [0.2, 0.25) is 0 Å². The van der Waals surface area contributed by atoms with Crippen molar-refractivity contribution in [1.82, 2.24) is 4.90 Å². The van der Waals surface area contributed by atoms with Crippen molar-refractivity contribution in [3.63, 3.8) is 0 Å². The van der Waals surface area contributed by atoms with Crippen LogP contribution < -0.4 is 0 Å². The second-order valence-electron chi connectivity index (χ2n) is 10.8. The van der Waals surface area contributed by atoms with E-state index in [1.807, 2.05) is 19.0 Å². The third-order valence-corrected chi connectivity index (χ3v) is 8.52. The molecule has 6 atom stereocenters. The van der Waals surface area contributed by atoms with E-state index in [1.54, 1.807) is 6.08 Å². The molecule has 0 aromatic heterocycles. The normalized spacial score (nSPS) is 40.5. The molecule has 164 valence electrons. The largest absolute Gasteiger partial charge is 0.461 e. The molecule has 3 rings (SSSR count). The van der Waals surface area contributed by atoms with Crippen LogP contribution in [0.3, 0.4) is 0 Å². The molecular formula is C24H39NO4. The minimum absolute atomic E-state index is 0.0168. The number of likely N-dealkylation sites (N-methyl/N-ethyl adjacent to an activating group) is 1. The van der Waals surface area contributed by atoms with Gasteiger partial charge in [0.25, 0.3) is 0 Å². The summed E-state index contributed by atoms with van der Waals surface area (Å²) >= 11 is 0. The fourth-order valence-corrected chi connectivity index (χ4v) is 6.63. The van der Waals surface area contributed by atoms with E-state index >= 15 is 0 Å². The van der Waals surface area contributed by atoms with Crippen LogP contribution in [0, 0.1) is 34.5 Å². The molecule has 5 nitrogen and oxygen atoms in total. The maximum absolute atomic E-state index is 13.3. The lowest BCUT2D eigenvalue weighted by atomic mass is 9.42. The fourth-order valence-electron chi connectivity index (χ4n) is 6.63. The first-order valence-corrected chi connectivity index (χ1v) is 11.2. The van der Waals surface area contributed by atoms with Crippen molar-refractivity contribution in [3.8, 4) is 0 Å². The molecule has 3 aliphatic rings. The van der Waals surface area contributed by atoms with Crippen molar-refractivity contribution in [2.75, 3.05) is 27.2 Å². The highest BCUT2D eigenvalue weighted by Gasteiger charge is 2.61. The summed E-state index contributed by atoms with van der Waals surface area (Å²) in [5, 5.41) is 10.6. The zero-order valence-electron chi connectivity index (χ0n) is 19.0. The second kappa shape index (κ2) is 8.14. The van der Waals surface area contributed by atoms with E-state index < -0.39 is 0 Å². The van der Waals surface area contributed by atoms with Crippen LogP contribution in [0.5, 0.6) is 0 Å². The van der Waals surface area contributed by atoms with E-state index in [4.69, 9.17) is 4.74 Å². The van der Waals surface area contributed by atoms with Crippen molar-refractivity contribution in [2.24, 2.45) is 34.5 Å². The number of aliphatic hydroxyl groups is 1. The number of ether oxygens (including phenoxy) is 1. The monoisotopic (exact) mass is 405 g/mol. The van der Waals surface area contributed by atoms with Gasteiger partial charge in [-0.2, -0.15) is 0 Å². The van der Waals surface area contributed by atoms with Gasteiger partial charge in [-0.05, 0) is 68.4 Å². The molecule has 0 aromatic carbocycles. The van der Waals surface area contributed by atoms with E-state index in [0.29, 0.717) is 31.3 Å². The van der Waals surface area contributed by atoms with Crippen LogP contribution in [-0.2, 0) is 14.3 Å². The molecule has 0 bridgehead atoms. The predicted octanol–water partition coefficient (Wildman–Crippen LogP) is 3.46. The van der Waals surface area contributed by atoms with Gasteiger partial charge in [-0.3, -0.25) is 4.79 Å². The Hall–Kier alpha value is -1.20. The molecule has 3 aliphatic carbocycles. The Morgan fingerprint density at radius 1 is 1.28 bits per heavy atom. The van der Waals surface area contributed by atoms with Gasteiger partial charge in [0, 0.05) is 25.0 Å². The smallest absolute Gasteiger partial charge is 0.330 e. The highest BCUT2D eigenvalue weighted by molar-refractivity contribution is 5.86. The van der Waals surface area contributed by atoms with Gasteiger partial charge in [0.1, 0.15) is 12.4 Å². The molecular weight excluding hydrogens is 366 g/mol. The number of ketones is 1. The number of esters is 1. The Bertz CT molecular complexity index is 682. The summed E-state index contributed by atoms with van der Waals surface area (Å²) < 4.78 is 5.34. The Morgan fingerprint density at radius 3 is 2.62 bits per heavy atom. The van der Waals surface area contributed by atoms with Crippen LogP contribution in [0.15, 0.2) is 11.6 Å². The van der Waals surface area contributed by atoms with Crippen LogP contribution in [-0.4, -0.2) is 55.1 Å².